The van der Waals surface area contributed by atoms with Gasteiger partial charge in [0.05, 0.1) is 20.3 Å². The lowest BCUT2D eigenvalue weighted by atomic mass is 10.2. The number of rotatable bonds is 8. The van der Waals surface area contributed by atoms with Crippen LogP contribution in [0.4, 0.5) is 0 Å². The Hall–Kier alpha value is -1.95. The molecule has 1 saturated heterocycles. The summed E-state index contributed by atoms with van der Waals surface area (Å²) in [5.74, 6) is 1.96. The Bertz CT molecular complexity index is 548. The van der Waals surface area contributed by atoms with Gasteiger partial charge in [0, 0.05) is 12.6 Å². The highest BCUT2D eigenvalue weighted by Crippen LogP contribution is 2.28. The fourth-order valence-electron chi connectivity index (χ4n) is 3.08. The number of hydrogen-bond donors (Lipinski definition) is 2. The molecule has 1 atom stereocenters. The van der Waals surface area contributed by atoms with Gasteiger partial charge in [-0.15, -0.1) is 0 Å². The fraction of sp³-hybridized carbons (Fsp3) is 0.611. The standard InChI is InChI=1S/C18H30N4O2/c1-4-22-10-6-7-15(22)13-21-18(19)20-12-14-8-9-16(24-5-2)17(11-14)23-3/h8-9,11,15H,4-7,10,12-13H2,1-3H3,(H3,19,20,21). The predicted molar refractivity (Wildman–Crippen MR) is 97.8 cm³/mol. The largest absolute Gasteiger partial charge is 0.493 e. The minimum atomic E-state index is 0.491. The molecular formula is C18H30N4O2. The first-order valence-corrected chi connectivity index (χ1v) is 8.75. The summed E-state index contributed by atoms with van der Waals surface area (Å²) in [6.07, 6.45) is 2.49. The molecule has 1 heterocycles. The third kappa shape index (κ3) is 5.03. The zero-order valence-corrected chi connectivity index (χ0v) is 15.0. The zero-order chi connectivity index (χ0) is 17.4. The van der Waals surface area contributed by atoms with Gasteiger partial charge in [0.1, 0.15) is 0 Å². The van der Waals surface area contributed by atoms with Crippen LogP contribution in [-0.2, 0) is 6.54 Å². The van der Waals surface area contributed by atoms with E-state index in [0.29, 0.717) is 25.2 Å². The number of hydrogen-bond acceptors (Lipinski definition) is 4. The Morgan fingerprint density at radius 3 is 2.92 bits per heavy atom. The average molecular weight is 334 g/mol. The van der Waals surface area contributed by atoms with Crippen LogP contribution >= 0.6 is 0 Å². The van der Waals surface area contributed by atoms with Crippen LogP contribution in [0.15, 0.2) is 23.2 Å². The second-order valence-corrected chi connectivity index (χ2v) is 5.93. The van der Waals surface area contributed by atoms with E-state index in [1.165, 1.54) is 19.4 Å². The topological polar surface area (TPSA) is 72.1 Å². The van der Waals surface area contributed by atoms with Gasteiger partial charge in [-0.1, -0.05) is 13.0 Å². The van der Waals surface area contributed by atoms with Crippen molar-refractivity contribution in [2.75, 3.05) is 33.4 Å². The van der Waals surface area contributed by atoms with Crippen molar-refractivity contribution in [3.63, 3.8) is 0 Å². The molecule has 1 aliphatic rings. The molecule has 6 nitrogen and oxygen atoms in total. The van der Waals surface area contributed by atoms with Crippen LogP contribution in [0.2, 0.25) is 0 Å². The molecule has 1 aliphatic heterocycles. The lowest BCUT2D eigenvalue weighted by Crippen LogP contribution is -2.42. The quantitative estimate of drug-likeness (QED) is 0.562. The number of nitrogens with zero attached hydrogens (tertiary/aromatic N) is 2. The number of nitrogens with two attached hydrogens (primary N) is 1. The van der Waals surface area contributed by atoms with Crippen molar-refractivity contribution < 1.29 is 9.47 Å². The van der Waals surface area contributed by atoms with Crippen molar-refractivity contribution >= 4 is 5.96 Å². The first kappa shape index (κ1) is 18.4. The molecule has 0 aromatic heterocycles. The van der Waals surface area contributed by atoms with E-state index in [4.69, 9.17) is 15.2 Å². The van der Waals surface area contributed by atoms with Gasteiger partial charge < -0.3 is 20.5 Å². The maximum atomic E-state index is 6.00. The third-order valence-corrected chi connectivity index (χ3v) is 4.38. The summed E-state index contributed by atoms with van der Waals surface area (Å²) < 4.78 is 10.9. The van der Waals surface area contributed by atoms with E-state index in [0.717, 1.165) is 30.2 Å². The normalized spacial score (nSPS) is 18.6. The lowest BCUT2D eigenvalue weighted by Gasteiger charge is -2.23. The Labute approximate surface area is 145 Å². The summed E-state index contributed by atoms with van der Waals surface area (Å²) in [4.78, 5) is 6.91. The first-order valence-electron chi connectivity index (χ1n) is 8.75. The van der Waals surface area contributed by atoms with Gasteiger partial charge in [0.2, 0.25) is 0 Å². The van der Waals surface area contributed by atoms with Crippen LogP contribution in [0.5, 0.6) is 11.5 Å². The maximum absolute atomic E-state index is 6.00. The minimum absolute atomic E-state index is 0.491. The van der Waals surface area contributed by atoms with Crippen molar-refractivity contribution in [2.24, 2.45) is 10.7 Å². The highest BCUT2D eigenvalue weighted by molar-refractivity contribution is 5.77. The van der Waals surface area contributed by atoms with E-state index >= 15 is 0 Å². The number of aliphatic imine (C=N–C) groups is 1. The molecular weight excluding hydrogens is 304 g/mol. The molecule has 1 unspecified atom stereocenters. The first-order chi connectivity index (χ1) is 11.7. The molecule has 1 fully saturated rings. The number of methoxy groups -OCH3 is 1. The van der Waals surface area contributed by atoms with Crippen LogP contribution < -0.4 is 20.5 Å². The SMILES string of the molecule is CCOc1ccc(CN=C(N)NCC2CCCN2CC)cc1OC. The molecule has 0 spiro atoms. The highest BCUT2D eigenvalue weighted by atomic mass is 16.5. The third-order valence-electron chi connectivity index (χ3n) is 4.38. The molecule has 3 N–H and O–H groups in total. The van der Waals surface area contributed by atoms with Crippen LogP contribution in [0.1, 0.15) is 32.3 Å². The van der Waals surface area contributed by atoms with E-state index in [1.807, 2.05) is 25.1 Å². The van der Waals surface area contributed by atoms with Gasteiger partial charge in [0.25, 0.3) is 0 Å². The average Bonchev–Trinajstić information content (AvgIpc) is 3.06. The molecule has 134 valence electrons. The molecule has 0 bridgehead atoms. The molecule has 1 aromatic rings. The molecule has 2 rings (SSSR count). The van der Waals surface area contributed by atoms with E-state index < -0.39 is 0 Å². The highest BCUT2D eigenvalue weighted by Gasteiger charge is 2.22. The summed E-state index contributed by atoms with van der Waals surface area (Å²) in [6, 6.07) is 6.40. The van der Waals surface area contributed by atoms with Gasteiger partial charge in [-0.25, -0.2) is 4.99 Å². The number of ether oxygens (including phenoxy) is 2. The molecule has 0 radical (unpaired) electrons. The summed E-state index contributed by atoms with van der Waals surface area (Å²) in [5, 5.41) is 3.25. The number of nitrogens with one attached hydrogen (secondary N) is 1. The van der Waals surface area contributed by atoms with Crippen molar-refractivity contribution in [3.05, 3.63) is 23.8 Å². The van der Waals surface area contributed by atoms with E-state index in [-0.39, 0.29) is 0 Å². The van der Waals surface area contributed by atoms with Crippen molar-refractivity contribution in [1.29, 1.82) is 0 Å². The van der Waals surface area contributed by atoms with E-state index in [2.05, 4.69) is 22.1 Å². The molecule has 24 heavy (non-hydrogen) atoms. The zero-order valence-electron chi connectivity index (χ0n) is 15.0. The van der Waals surface area contributed by atoms with Crippen LogP contribution in [-0.4, -0.2) is 50.3 Å². The lowest BCUT2D eigenvalue weighted by molar-refractivity contribution is 0.267. The smallest absolute Gasteiger partial charge is 0.188 e. The predicted octanol–water partition coefficient (Wildman–Crippen LogP) is 1.98. The summed E-state index contributed by atoms with van der Waals surface area (Å²) in [5.41, 5.74) is 7.04. The summed E-state index contributed by atoms with van der Waals surface area (Å²) >= 11 is 0. The molecule has 0 saturated carbocycles. The Balaban J connectivity index is 1.87. The van der Waals surface area contributed by atoms with Crippen LogP contribution in [0, 0.1) is 0 Å². The number of benzene rings is 1. The Morgan fingerprint density at radius 1 is 1.38 bits per heavy atom. The Kier molecular flexibility index (Phi) is 7.18. The minimum Gasteiger partial charge on any atom is -0.493 e. The second kappa shape index (κ2) is 9.37. The summed E-state index contributed by atoms with van der Waals surface area (Å²) in [7, 11) is 1.64. The second-order valence-electron chi connectivity index (χ2n) is 5.93. The van der Waals surface area contributed by atoms with E-state index in [1.54, 1.807) is 7.11 Å². The Morgan fingerprint density at radius 2 is 2.21 bits per heavy atom. The van der Waals surface area contributed by atoms with Crippen LogP contribution in [0.25, 0.3) is 0 Å². The maximum Gasteiger partial charge on any atom is 0.188 e. The van der Waals surface area contributed by atoms with Crippen molar-refractivity contribution in [1.82, 2.24) is 10.2 Å². The van der Waals surface area contributed by atoms with Crippen molar-refractivity contribution in [3.8, 4) is 11.5 Å². The van der Waals surface area contributed by atoms with Gasteiger partial charge in [-0.05, 0) is 50.6 Å². The summed E-state index contributed by atoms with van der Waals surface area (Å²) in [6.45, 7) is 8.42. The monoisotopic (exact) mass is 334 g/mol. The number of guanidine groups is 1. The molecule has 1 aromatic carbocycles. The number of likely N-dealkylation sites (tertiary alicyclic amines) is 1. The van der Waals surface area contributed by atoms with Crippen molar-refractivity contribution in [2.45, 2.75) is 39.3 Å². The van der Waals surface area contributed by atoms with Gasteiger partial charge in [0.15, 0.2) is 17.5 Å². The molecule has 0 aliphatic carbocycles. The van der Waals surface area contributed by atoms with Gasteiger partial charge in [-0.3, -0.25) is 4.90 Å². The van der Waals surface area contributed by atoms with Gasteiger partial charge in [-0.2, -0.15) is 0 Å². The molecule has 0 amide bonds. The van der Waals surface area contributed by atoms with Gasteiger partial charge >= 0.3 is 0 Å². The van der Waals surface area contributed by atoms with Crippen LogP contribution in [0.3, 0.4) is 0 Å². The van der Waals surface area contributed by atoms with E-state index in [9.17, 15) is 0 Å². The molecule has 6 heteroatoms. The number of likely N-dealkylation sites (N-methyl/N-ethyl adjacent to an activating group) is 1. The fourth-order valence-corrected chi connectivity index (χ4v) is 3.08.